The Kier molecular flexibility index (Phi) is 4.97. The van der Waals surface area contributed by atoms with Crippen molar-refractivity contribution < 1.29 is 19.1 Å². The van der Waals surface area contributed by atoms with Gasteiger partial charge in [-0.15, -0.1) is 0 Å². The number of thioether (sulfide) groups is 1. The number of carbonyl (C=O) groups excluding carboxylic acids is 3. The highest BCUT2D eigenvalue weighted by Gasteiger charge is 2.31. The molecule has 2 saturated heterocycles. The summed E-state index contributed by atoms with van der Waals surface area (Å²) < 4.78 is 5.30. The maximum Gasteiger partial charge on any atom is 0.338 e. The quantitative estimate of drug-likeness (QED) is 0.794. The zero-order valence-corrected chi connectivity index (χ0v) is 13.4. The van der Waals surface area contributed by atoms with Crippen molar-refractivity contribution in [1.29, 1.82) is 0 Å². The van der Waals surface area contributed by atoms with Crippen LogP contribution >= 0.6 is 11.8 Å². The average Bonchev–Trinajstić information content (AvgIpc) is 3.16. The minimum atomic E-state index is -0.395. The van der Waals surface area contributed by atoms with E-state index in [0.717, 1.165) is 36.7 Å². The second kappa shape index (κ2) is 7.14. The lowest BCUT2D eigenvalue weighted by Gasteiger charge is -2.11. The summed E-state index contributed by atoms with van der Waals surface area (Å²) >= 11 is 1.00. The normalized spacial score (nSPS) is 23.8. The predicted molar refractivity (Wildman–Crippen MR) is 86.4 cm³/mol. The number of hydrogen-bond acceptors (Lipinski definition) is 6. The van der Waals surface area contributed by atoms with Gasteiger partial charge in [-0.1, -0.05) is 23.9 Å². The molecule has 0 aromatic heterocycles. The van der Waals surface area contributed by atoms with Crippen LogP contribution in [0.4, 0.5) is 4.79 Å². The predicted octanol–water partition coefficient (Wildman–Crippen LogP) is 1.49. The van der Waals surface area contributed by atoms with E-state index in [4.69, 9.17) is 4.74 Å². The fraction of sp³-hybridized carbons (Fsp3) is 0.438. The fourth-order valence-electron chi connectivity index (χ4n) is 2.68. The third-order valence-electron chi connectivity index (χ3n) is 3.96. The zero-order valence-electron chi connectivity index (χ0n) is 12.5. The van der Waals surface area contributed by atoms with Crippen LogP contribution < -0.4 is 10.6 Å². The highest BCUT2D eigenvalue weighted by molar-refractivity contribution is 8.15. The molecule has 2 heterocycles. The lowest BCUT2D eigenvalue weighted by molar-refractivity contribution is -0.118. The summed E-state index contributed by atoms with van der Waals surface area (Å²) in [6.45, 7) is 1.37. The zero-order chi connectivity index (χ0) is 16.2. The molecular weight excluding hydrogens is 316 g/mol. The van der Waals surface area contributed by atoms with Crippen molar-refractivity contribution in [2.75, 3.05) is 13.2 Å². The molecule has 1 aromatic carbocycles. The number of amides is 2. The molecule has 0 bridgehead atoms. The van der Waals surface area contributed by atoms with E-state index in [1.54, 1.807) is 24.3 Å². The molecule has 23 heavy (non-hydrogen) atoms. The topological polar surface area (TPSA) is 84.5 Å². The fourth-order valence-corrected chi connectivity index (χ4v) is 3.54. The number of rotatable bonds is 5. The first kappa shape index (κ1) is 16.0. The second-order valence-corrected chi connectivity index (χ2v) is 6.85. The Morgan fingerprint density at radius 3 is 2.65 bits per heavy atom. The van der Waals surface area contributed by atoms with Gasteiger partial charge in [-0.2, -0.15) is 0 Å². The van der Waals surface area contributed by atoms with E-state index in [-0.39, 0.29) is 23.2 Å². The molecule has 7 heteroatoms. The highest BCUT2D eigenvalue weighted by Crippen LogP contribution is 2.23. The van der Waals surface area contributed by atoms with Gasteiger partial charge in [-0.3, -0.25) is 14.9 Å². The van der Waals surface area contributed by atoms with Crippen LogP contribution in [0, 0.1) is 0 Å². The number of benzene rings is 1. The van der Waals surface area contributed by atoms with Gasteiger partial charge in [0.05, 0.1) is 10.8 Å². The molecule has 122 valence electrons. The first-order chi connectivity index (χ1) is 11.1. The van der Waals surface area contributed by atoms with Crippen molar-refractivity contribution in [3.05, 3.63) is 35.4 Å². The molecule has 0 saturated carbocycles. The van der Waals surface area contributed by atoms with Crippen molar-refractivity contribution in [1.82, 2.24) is 10.6 Å². The molecule has 2 N–H and O–H groups in total. The monoisotopic (exact) mass is 334 g/mol. The molecule has 1 aromatic rings. The Bertz CT molecular complexity index is 611. The van der Waals surface area contributed by atoms with Gasteiger partial charge < -0.3 is 10.1 Å². The molecule has 3 rings (SSSR count). The van der Waals surface area contributed by atoms with E-state index < -0.39 is 5.25 Å². The van der Waals surface area contributed by atoms with Crippen molar-refractivity contribution in [3.8, 4) is 0 Å². The minimum Gasteiger partial charge on any atom is -0.460 e. The summed E-state index contributed by atoms with van der Waals surface area (Å²) in [4.78, 5) is 34.7. The number of carbonyl (C=O) groups is 3. The van der Waals surface area contributed by atoms with E-state index >= 15 is 0 Å². The third-order valence-corrected chi connectivity index (χ3v) is 4.94. The van der Waals surface area contributed by atoms with Crippen LogP contribution in [0.2, 0.25) is 0 Å². The van der Waals surface area contributed by atoms with E-state index in [9.17, 15) is 14.4 Å². The average molecular weight is 334 g/mol. The van der Waals surface area contributed by atoms with Gasteiger partial charge in [0.15, 0.2) is 0 Å². The summed E-state index contributed by atoms with van der Waals surface area (Å²) in [5, 5.41) is 4.84. The Morgan fingerprint density at radius 2 is 2.04 bits per heavy atom. The Labute approximate surface area is 138 Å². The lowest BCUT2D eigenvalue weighted by atomic mass is 10.1. The van der Waals surface area contributed by atoms with Crippen molar-refractivity contribution in [2.45, 2.75) is 30.6 Å². The molecule has 2 aliphatic rings. The molecule has 2 unspecified atom stereocenters. The van der Waals surface area contributed by atoms with E-state index in [2.05, 4.69) is 10.6 Å². The molecule has 2 aliphatic heterocycles. The largest absolute Gasteiger partial charge is 0.460 e. The smallest absolute Gasteiger partial charge is 0.338 e. The summed E-state index contributed by atoms with van der Waals surface area (Å²) in [7, 11) is 0. The van der Waals surface area contributed by atoms with Crippen LogP contribution in [0.15, 0.2) is 24.3 Å². The van der Waals surface area contributed by atoms with Gasteiger partial charge in [0.2, 0.25) is 5.91 Å². The van der Waals surface area contributed by atoms with Crippen LogP contribution in [0.25, 0.3) is 0 Å². The Morgan fingerprint density at radius 1 is 1.26 bits per heavy atom. The van der Waals surface area contributed by atoms with Crippen LogP contribution in [0.3, 0.4) is 0 Å². The minimum absolute atomic E-state index is 0.257. The Balaban J connectivity index is 1.52. The summed E-state index contributed by atoms with van der Waals surface area (Å²) in [6.07, 6.45) is 2.61. The molecule has 2 amide bonds. The molecule has 2 atom stereocenters. The van der Waals surface area contributed by atoms with E-state index in [1.807, 2.05) is 0 Å². The summed E-state index contributed by atoms with van der Waals surface area (Å²) in [5.41, 5.74) is 1.40. The van der Waals surface area contributed by atoms with Crippen LogP contribution in [0.5, 0.6) is 0 Å². The van der Waals surface area contributed by atoms with Crippen LogP contribution in [-0.4, -0.2) is 41.6 Å². The lowest BCUT2D eigenvalue weighted by Crippen LogP contribution is -2.28. The first-order valence-electron chi connectivity index (χ1n) is 7.63. The second-order valence-electron chi connectivity index (χ2n) is 5.68. The third kappa shape index (κ3) is 4.11. The molecule has 0 radical (unpaired) electrons. The van der Waals surface area contributed by atoms with Crippen molar-refractivity contribution in [3.63, 3.8) is 0 Å². The van der Waals surface area contributed by atoms with Gasteiger partial charge in [0.25, 0.3) is 5.24 Å². The number of nitrogens with one attached hydrogen (secondary N) is 2. The first-order valence-corrected chi connectivity index (χ1v) is 8.51. The SMILES string of the molecule is O=C1NC(=O)C(Cc2ccc(C(=O)OCC3CCCN3)cc2)S1. The maximum absolute atomic E-state index is 12.0. The molecule has 6 nitrogen and oxygen atoms in total. The standard InChI is InChI=1S/C16H18N2O4S/c19-14-13(23-16(21)18-14)8-10-3-5-11(6-4-10)15(20)22-9-12-2-1-7-17-12/h3-6,12-13,17H,1-2,7-9H2,(H,18,19,21). The van der Waals surface area contributed by atoms with E-state index in [0.29, 0.717) is 18.6 Å². The van der Waals surface area contributed by atoms with Gasteiger partial charge in [-0.25, -0.2) is 4.79 Å². The van der Waals surface area contributed by atoms with E-state index in [1.165, 1.54) is 0 Å². The maximum atomic E-state index is 12.0. The molecule has 0 aliphatic carbocycles. The van der Waals surface area contributed by atoms with Gasteiger partial charge >= 0.3 is 5.97 Å². The van der Waals surface area contributed by atoms with Gasteiger partial charge in [0.1, 0.15) is 6.61 Å². The number of ether oxygens (including phenoxy) is 1. The number of imide groups is 1. The highest BCUT2D eigenvalue weighted by atomic mass is 32.2. The molecular formula is C16H18N2O4S. The van der Waals surface area contributed by atoms with Crippen molar-refractivity contribution in [2.24, 2.45) is 0 Å². The Hall–Kier alpha value is -1.86. The van der Waals surface area contributed by atoms with Crippen molar-refractivity contribution >= 4 is 28.9 Å². The molecule has 0 spiro atoms. The summed E-state index contributed by atoms with van der Waals surface area (Å²) in [5.74, 6) is -0.596. The molecule has 2 fully saturated rings. The summed E-state index contributed by atoms with van der Waals surface area (Å²) in [6, 6.07) is 7.23. The van der Waals surface area contributed by atoms with Gasteiger partial charge in [-0.05, 0) is 43.5 Å². The van der Waals surface area contributed by atoms with Gasteiger partial charge in [0, 0.05) is 6.04 Å². The number of esters is 1. The van der Waals surface area contributed by atoms with Crippen LogP contribution in [0.1, 0.15) is 28.8 Å². The number of hydrogen-bond donors (Lipinski definition) is 2. The van der Waals surface area contributed by atoms with Crippen LogP contribution in [-0.2, 0) is 16.0 Å².